The molecule has 3 aromatic heterocycles. The van der Waals surface area contributed by atoms with Crippen molar-refractivity contribution in [3.05, 3.63) is 133 Å². The van der Waals surface area contributed by atoms with E-state index in [1.807, 2.05) is 66.7 Å². The SMILES string of the molecule is c1ccc(-c2cc(-c3ccc(-c4ccc5nc6oc7ccccc7n6c5c4)cc3)nc(-c3ccccc3)n2)cc1. The number of hydrogen-bond acceptors (Lipinski definition) is 4. The van der Waals surface area contributed by atoms with Crippen molar-refractivity contribution in [3.63, 3.8) is 0 Å². The second-order valence-corrected chi connectivity index (χ2v) is 9.77. The van der Waals surface area contributed by atoms with Crippen LogP contribution in [-0.4, -0.2) is 19.4 Å². The number of imidazole rings is 1. The molecule has 40 heavy (non-hydrogen) atoms. The lowest BCUT2D eigenvalue weighted by atomic mass is 10.0. The average Bonchev–Trinajstić information content (AvgIpc) is 3.57. The van der Waals surface area contributed by atoms with Crippen LogP contribution in [0, 0.1) is 0 Å². The molecule has 0 fully saturated rings. The minimum absolute atomic E-state index is 0.607. The van der Waals surface area contributed by atoms with E-state index in [0.29, 0.717) is 11.7 Å². The van der Waals surface area contributed by atoms with Crippen molar-refractivity contribution >= 4 is 28.0 Å². The van der Waals surface area contributed by atoms with Crippen molar-refractivity contribution in [3.8, 4) is 45.0 Å². The molecular weight excluding hydrogens is 492 g/mol. The Balaban J connectivity index is 1.21. The van der Waals surface area contributed by atoms with E-state index in [-0.39, 0.29) is 0 Å². The Bertz CT molecular complexity index is 2090. The highest BCUT2D eigenvalue weighted by Crippen LogP contribution is 2.32. The van der Waals surface area contributed by atoms with Gasteiger partial charge in [0.05, 0.1) is 27.9 Å². The molecule has 5 nitrogen and oxygen atoms in total. The van der Waals surface area contributed by atoms with Gasteiger partial charge < -0.3 is 4.42 Å². The van der Waals surface area contributed by atoms with Gasteiger partial charge >= 0.3 is 5.84 Å². The summed E-state index contributed by atoms with van der Waals surface area (Å²) in [5.74, 6) is 1.32. The molecule has 0 unspecified atom stereocenters. The summed E-state index contributed by atoms with van der Waals surface area (Å²) < 4.78 is 8.05. The van der Waals surface area contributed by atoms with E-state index in [0.717, 1.165) is 61.3 Å². The fraction of sp³-hybridized carbons (Fsp3) is 0. The van der Waals surface area contributed by atoms with Crippen LogP contribution in [0.1, 0.15) is 0 Å². The molecule has 0 aliphatic rings. The number of fused-ring (bicyclic) bond motifs is 5. The van der Waals surface area contributed by atoms with Crippen LogP contribution >= 0.6 is 0 Å². The molecule has 0 saturated heterocycles. The third-order valence-electron chi connectivity index (χ3n) is 7.27. The first-order valence-corrected chi connectivity index (χ1v) is 13.2. The number of benzene rings is 5. The molecule has 0 bridgehead atoms. The number of nitrogens with zero attached hydrogens (tertiary/aromatic N) is 4. The first-order chi connectivity index (χ1) is 19.8. The second kappa shape index (κ2) is 9.03. The first-order valence-electron chi connectivity index (χ1n) is 13.2. The van der Waals surface area contributed by atoms with Gasteiger partial charge in [-0.1, -0.05) is 103 Å². The highest BCUT2D eigenvalue weighted by Gasteiger charge is 2.14. The number of oxazole rings is 1. The zero-order valence-electron chi connectivity index (χ0n) is 21.4. The van der Waals surface area contributed by atoms with E-state index in [9.17, 15) is 0 Å². The third-order valence-corrected chi connectivity index (χ3v) is 7.27. The van der Waals surface area contributed by atoms with Crippen LogP contribution in [0.3, 0.4) is 0 Å². The maximum Gasteiger partial charge on any atom is 0.307 e. The molecule has 188 valence electrons. The van der Waals surface area contributed by atoms with E-state index in [1.54, 1.807) is 0 Å². The topological polar surface area (TPSA) is 56.2 Å². The molecule has 5 aromatic carbocycles. The Hall–Kier alpha value is -5.55. The molecule has 5 heteroatoms. The van der Waals surface area contributed by atoms with Gasteiger partial charge in [0, 0.05) is 16.7 Å². The van der Waals surface area contributed by atoms with Crippen molar-refractivity contribution in [1.29, 1.82) is 0 Å². The minimum atomic E-state index is 0.607. The molecule has 8 aromatic rings. The highest BCUT2D eigenvalue weighted by molar-refractivity contribution is 5.90. The number of hydrogen-bond donors (Lipinski definition) is 0. The quantitative estimate of drug-likeness (QED) is 0.236. The fourth-order valence-corrected chi connectivity index (χ4v) is 5.26. The lowest BCUT2D eigenvalue weighted by molar-refractivity contribution is 0.643. The standard InChI is InChI=1S/C35H22N4O/c1-3-9-24(10-4-1)29-22-30(37-34(36-29)26-11-5-2-6-12-26)25-17-15-23(16-18-25)27-19-20-28-32(21-27)39-31-13-7-8-14-33(31)40-35(39)38-28/h1-22H. The van der Waals surface area contributed by atoms with Crippen molar-refractivity contribution in [2.75, 3.05) is 0 Å². The predicted molar refractivity (Wildman–Crippen MR) is 160 cm³/mol. The van der Waals surface area contributed by atoms with Crippen LogP contribution in [0.5, 0.6) is 0 Å². The second-order valence-electron chi connectivity index (χ2n) is 9.77. The molecule has 0 atom stereocenters. The van der Waals surface area contributed by atoms with E-state index in [2.05, 4.69) is 76.1 Å². The molecule has 0 saturated carbocycles. The summed E-state index contributed by atoms with van der Waals surface area (Å²) >= 11 is 0. The first kappa shape index (κ1) is 22.4. The lowest BCUT2D eigenvalue weighted by Crippen LogP contribution is -1.95. The smallest absolute Gasteiger partial charge is 0.307 e. The van der Waals surface area contributed by atoms with Crippen LogP contribution in [0.25, 0.3) is 73.0 Å². The number of rotatable bonds is 4. The number of para-hydroxylation sites is 2. The normalized spacial score (nSPS) is 11.5. The zero-order valence-corrected chi connectivity index (χ0v) is 21.4. The number of aromatic nitrogens is 4. The maximum absolute atomic E-state index is 5.97. The highest BCUT2D eigenvalue weighted by atomic mass is 16.4. The van der Waals surface area contributed by atoms with Crippen molar-refractivity contribution in [1.82, 2.24) is 19.4 Å². The molecule has 0 aliphatic carbocycles. The molecule has 8 rings (SSSR count). The summed E-state index contributed by atoms with van der Waals surface area (Å²) in [7, 11) is 0. The van der Waals surface area contributed by atoms with Gasteiger partial charge in [-0.3, -0.25) is 4.40 Å². The fourth-order valence-electron chi connectivity index (χ4n) is 5.26. The monoisotopic (exact) mass is 514 g/mol. The van der Waals surface area contributed by atoms with E-state index in [4.69, 9.17) is 14.4 Å². The van der Waals surface area contributed by atoms with Gasteiger partial charge in [0.25, 0.3) is 0 Å². The summed E-state index contributed by atoms with van der Waals surface area (Å²) in [6, 6.07) is 45.4. The van der Waals surface area contributed by atoms with Crippen LogP contribution in [-0.2, 0) is 0 Å². The van der Waals surface area contributed by atoms with Gasteiger partial charge in [0.1, 0.15) is 0 Å². The third kappa shape index (κ3) is 3.76. The Labute approximate surface area is 230 Å². The summed E-state index contributed by atoms with van der Waals surface area (Å²) in [5.41, 5.74) is 10.9. The molecular formula is C35H22N4O. The van der Waals surface area contributed by atoms with Crippen LogP contribution in [0.2, 0.25) is 0 Å². The molecule has 0 spiro atoms. The van der Waals surface area contributed by atoms with Crippen LogP contribution in [0.15, 0.2) is 138 Å². The summed E-state index contributed by atoms with van der Waals surface area (Å²) in [6.45, 7) is 0. The van der Waals surface area contributed by atoms with Gasteiger partial charge in [-0.2, -0.15) is 4.98 Å². The average molecular weight is 515 g/mol. The van der Waals surface area contributed by atoms with Gasteiger partial charge in [0.2, 0.25) is 0 Å². The van der Waals surface area contributed by atoms with Crippen molar-refractivity contribution in [2.24, 2.45) is 0 Å². The lowest BCUT2D eigenvalue weighted by Gasteiger charge is -2.10. The van der Waals surface area contributed by atoms with E-state index < -0.39 is 0 Å². The zero-order chi connectivity index (χ0) is 26.5. The minimum Gasteiger partial charge on any atom is -0.423 e. The molecule has 0 amide bonds. The van der Waals surface area contributed by atoms with Gasteiger partial charge in [-0.05, 0) is 41.5 Å². The van der Waals surface area contributed by atoms with Crippen molar-refractivity contribution < 1.29 is 4.42 Å². The Morgan fingerprint density at radius 3 is 1.80 bits per heavy atom. The molecule has 0 radical (unpaired) electrons. The molecule has 0 N–H and O–H groups in total. The van der Waals surface area contributed by atoms with E-state index >= 15 is 0 Å². The largest absolute Gasteiger partial charge is 0.423 e. The van der Waals surface area contributed by atoms with E-state index in [1.165, 1.54) is 0 Å². The Kier molecular flexibility index (Phi) is 5.07. The Morgan fingerprint density at radius 2 is 1.05 bits per heavy atom. The molecule has 3 heterocycles. The summed E-state index contributed by atoms with van der Waals surface area (Å²) in [4.78, 5) is 14.6. The molecule has 0 aliphatic heterocycles. The van der Waals surface area contributed by atoms with Crippen molar-refractivity contribution in [2.45, 2.75) is 0 Å². The van der Waals surface area contributed by atoms with Crippen LogP contribution in [0.4, 0.5) is 0 Å². The predicted octanol–water partition coefficient (Wildman–Crippen LogP) is 8.69. The van der Waals surface area contributed by atoms with Gasteiger partial charge in [-0.25, -0.2) is 9.97 Å². The van der Waals surface area contributed by atoms with Crippen LogP contribution < -0.4 is 0 Å². The van der Waals surface area contributed by atoms with Gasteiger partial charge in [-0.15, -0.1) is 0 Å². The summed E-state index contributed by atoms with van der Waals surface area (Å²) in [5, 5.41) is 0. The van der Waals surface area contributed by atoms with Gasteiger partial charge in [0.15, 0.2) is 11.4 Å². The maximum atomic E-state index is 5.97. The summed E-state index contributed by atoms with van der Waals surface area (Å²) in [6.07, 6.45) is 0. The Morgan fingerprint density at radius 1 is 0.450 bits per heavy atom.